The van der Waals surface area contributed by atoms with Crippen molar-refractivity contribution >= 4 is 0 Å². The third kappa shape index (κ3) is 2.48. The normalized spacial score (nSPS) is 8.92. The Bertz CT molecular complexity index is 303. The van der Waals surface area contributed by atoms with Gasteiger partial charge in [0.05, 0.1) is 0 Å². The average Bonchev–Trinajstić information content (AvgIpc) is 2.21. The number of hydrogen-bond donors (Lipinski definition) is 0. The topological polar surface area (TPSA) is 0 Å². The Labute approximate surface area is 90.5 Å². The van der Waals surface area contributed by atoms with Crippen LogP contribution in [0.4, 0.5) is 0 Å². The molecule has 0 bridgehead atoms. The molecule has 13 heavy (non-hydrogen) atoms. The van der Waals surface area contributed by atoms with Crippen molar-refractivity contribution in [3.63, 3.8) is 0 Å². The first-order chi connectivity index (χ1) is 5.97. The van der Waals surface area contributed by atoms with Crippen LogP contribution >= 0.6 is 0 Å². The molecule has 0 unspecified atom stereocenters. The van der Waals surface area contributed by atoms with Crippen LogP contribution in [0.1, 0.15) is 0 Å². The van der Waals surface area contributed by atoms with Crippen LogP contribution in [0, 0.1) is 12.1 Å². The van der Waals surface area contributed by atoms with Gasteiger partial charge in [0, 0.05) is 0 Å². The molecule has 0 amide bonds. The van der Waals surface area contributed by atoms with E-state index in [1.165, 1.54) is 0 Å². The molecule has 2 rings (SSSR count). The van der Waals surface area contributed by atoms with E-state index in [4.69, 9.17) is 0 Å². The Kier molecular flexibility index (Phi) is 3.82. The predicted molar refractivity (Wildman–Crippen MR) is 49.6 cm³/mol. The fourth-order valence-corrected chi connectivity index (χ4v) is 1.12. The zero-order valence-corrected chi connectivity index (χ0v) is 8.46. The molecule has 2 aromatic rings. The van der Waals surface area contributed by atoms with Crippen molar-refractivity contribution in [1.29, 1.82) is 0 Å². The molecule has 0 aromatic heterocycles. The largest absolute Gasteiger partial charge is 2.00 e. The number of hydrogen-bond acceptors (Lipinski definition) is 0. The molecule has 0 heterocycles. The summed E-state index contributed by atoms with van der Waals surface area (Å²) in [5.74, 6) is 0. The minimum atomic E-state index is 0. The summed E-state index contributed by atoms with van der Waals surface area (Å²) >= 11 is 0. The van der Waals surface area contributed by atoms with Gasteiger partial charge in [-0.1, -0.05) is 0 Å². The summed E-state index contributed by atoms with van der Waals surface area (Å²) in [4.78, 5) is 0. The van der Waals surface area contributed by atoms with Crippen LogP contribution in [0.2, 0.25) is 0 Å². The van der Waals surface area contributed by atoms with Crippen molar-refractivity contribution < 1.29 is 18.6 Å². The molecule has 0 aliphatic heterocycles. The van der Waals surface area contributed by atoms with Crippen molar-refractivity contribution in [2.45, 2.75) is 0 Å². The second kappa shape index (κ2) is 4.91. The molecule has 61 valence electrons. The van der Waals surface area contributed by atoms with Crippen LogP contribution in [-0.4, -0.2) is 0 Å². The molecule has 0 aliphatic carbocycles. The van der Waals surface area contributed by atoms with E-state index in [9.17, 15) is 0 Å². The molecule has 0 aliphatic rings. The summed E-state index contributed by atoms with van der Waals surface area (Å²) < 4.78 is 0. The Balaban J connectivity index is 0.000000845. The molecular formula is C12H8V. The van der Waals surface area contributed by atoms with Gasteiger partial charge in [0.25, 0.3) is 0 Å². The monoisotopic (exact) mass is 203 g/mol. The van der Waals surface area contributed by atoms with Crippen LogP contribution in [0.5, 0.6) is 0 Å². The average molecular weight is 203 g/mol. The maximum Gasteiger partial charge on any atom is 2.00 e. The van der Waals surface area contributed by atoms with Gasteiger partial charge in [0.15, 0.2) is 0 Å². The van der Waals surface area contributed by atoms with E-state index in [1.54, 1.807) is 0 Å². The van der Waals surface area contributed by atoms with Gasteiger partial charge in [0.1, 0.15) is 0 Å². The van der Waals surface area contributed by atoms with Gasteiger partial charge < -0.3 is 0 Å². The van der Waals surface area contributed by atoms with Gasteiger partial charge >= 0.3 is 18.6 Å². The Morgan fingerprint density at radius 2 is 1.15 bits per heavy atom. The van der Waals surface area contributed by atoms with Crippen LogP contribution in [0.15, 0.2) is 48.5 Å². The second-order valence-corrected chi connectivity index (χ2v) is 2.55. The van der Waals surface area contributed by atoms with Crippen molar-refractivity contribution in [3.8, 4) is 11.1 Å². The number of rotatable bonds is 1. The third-order valence-electron chi connectivity index (χ3n) is 1.71. The van der Waals surface area contributed by atoms with E-state index in [0.29, 0.717) is 0 Å². The van der Waals surface area contributed by atoms with Crippen molar-refractivity contribution in [2.24, 2.45) is 0 Å². The Hall–Kier alpha value is -0.976. The van der Waals surface area contributed by atoms with Gasteiger partial charge in [-0.05, 0) is 0 Å². The first-order valence-corrected chi connectivity index (χ1v) is 3.90. The standard InChI is InChI=1S/C12H8.V/c1-3-7-11(8-4-1)12-9-5-2-6-10-12;/h1-7,9H;/q-2;+2. The molecule has 0 saturated heterocycles. The molecule has 0 nitrogen and oxygen atoms in total. The molecule has 0 N–H and O–H groups in total. The molecule has 1 heteroatoms. The minimum absolute atomic E-state index is 0. The van der Waals surface area contributed by atoms with Gasteiger partial charge in [-0.25, -0.2) is 11.1 Å². The maximum atomic E-state index is 3.15. The van der Waals surface area contributed by atoms with E-state index in [2.05, 4.69) is 12.1 Å². The summed E-state index contributed by atoms with van der Waals surface area (Å²) in [6, 6.07) is 22.1. The van der Waals surface area contributed by atoms with Crippen LogP contribution in [0.25, 0.3) is 11.1 Å². The van der Waals surface area contributed by atoms with Crippen molar-refractivity contribution in [2.75, 3.05) is 0 Å². The van der Waals surface area contributed by atoms with Crippen molar-refractivity contribution in [1.82, 2.24) is 0 Å². The van der Waals surface area contributed by atoms with Crippen LogP contribution in [0.3, 0.4) is 0 Å². The van der Waals surface area contributed by atoms with Gasteiger partial charge in [-0.2, -0.15) is 48.5 Å². The zero-order valence-electron chi connectivity index (χ0n) is 7.07. The van der Waals surface area contributed by atoms with E-state index < -0.39 is 0 Å². The Morgan fingerprint density at radius 1 is 0.692 bits per heavy atom. The van der Waals surface area contributed by atoms with E-state index in [0.717, 1.165) is 11.1 Å². The van der Waals surface area contributed by atoms with Gasteiger partial charge in [0.2, 0.25) is 0 Å². The number of benzene rings is 2. The first-order valence-electron chi connectivity index (χ1n) is 3.90. The molecule has 0 spiro atoms. The summed E-state index contributed by atoms with van der Waals surface area (Å²) in [5.41, 5.74) is 2.19. The molecule has 0 saturated carbocycles. The smallest absolute Gasteiger partial charge is 0.226 e. The summed E-state index contributed by atoms with van der Waals surface area (Å²) in [7, 11) is 0. The van der Waals surface area contributed by atoms with E-state index in [-0.39, 0.29) is 18.6 Å². The van der Waals surface area contributed by atoms with E-state index in [1.807, 2.05) is 48.5 Å². The maximum absolute atomic E-state index is 3.15. The summed E-state index contributed by atoms with van der Waals surface area (Å²) in [6.07, 6.45) is 0. The summed E-state index contributed by atoms with van der Waals surface area (Å²) in [6.45, 7) is 0. The molecule has 2 aromatic carbocycles. The fraction of sp³-hybridized carbons (Fsp3) is 0. The molecular weight excluding hydrogens is 195 g/mol. The zero-order chi connectivity index (χ0) is 8.23. The summed E-state index contributed by atoms with van der Waals surface area (Å²) in [5, 5.41) is 0. The third-order valence-corrected chi connectivity index (χ3v) is 1.71. The molecule has 0 fully saturated rings. The van der Waals surface area contributed by atoms with Crippen molar-refractivity contribution in [3.05, 3.63) is 60.7 Å². The van der Waals surface area contributed by atoms with Gasteiger partial charge in [-0.15, -0.1) is 12.1 Å². The SMILES string of the molecule is [V+2].[c-]1ccccc1-c1[c-]cccc1. The van der Waals surface area contributed by atoms with E-state index >= 15 is 0 Å². The quantitative estimate of drug-likeness (QED) is 0.625. The molecule has 1 radical (unpaired) electrons. The molecule has 0 atom stereocenters. The predicted octanol–water partition coefficient (Wildman–Crippen LogP) is 2.95. The van der Waals surface area contributed by atoms with Gasteiger partial charge in [-0.3, -0.25) is 0 Å². The first kappa shape index (κ1) is 10.1. The minimum Gasteiger partial charge on any atom is -0.226 e. The fourth-order valence-electron chi connectivity index (χ4n) is 1.12. The second-order valence-electron chi connectivity index (χ2n) is 2.55. The van der Waals surface area contributed by atoms with Crippen LogP contribution < -0.4 is 0 Å². The van der Waals surface area contributed by atoms with Crippen LogP contribution in [-0.2, 0) is 18.6 Å². The Morgan fingerprint density at radius 3 is 1.46 bits per heavy atom.